The van der Waals surface area contributed by atoms with E-state index in [1.807, 2.05) is 0 Å². The SMILES string of the molecule is CCC1(C(C)C)CCCCCCC1. The molecule has 1 aliphatic carbocycles. The van der Waals surface area contributed by atoms with Gasteiger partial charge in [0.2, 0.25) is 0 Å². The monoisotopic (exact) mass is 182 g/mol. The van der Waals surface area contributed by atoms with Crippen LogP contribution < -0.4 is 0 Å². The van der Waals surface area contributed by atoms with Gasteiger partial charge in [-0.15, -0.1) is 0 Å². The van der Waals surface area contributed by atoms with Crippen molar-refractivity contribution in [3.8, 4) is 0 Å². The summed E-state index contributed by atoms with van der Waals surface area (Å²) in [5, 5.41) is 0. The van der Waals surface area contributed by atoms with Gasteiger partial charge in [-0.25, -0.2) is 0 Å². The molecule has 0 atom stereocenters. The zero-order valence-corrected chi connectivity index (χ0v) is 9.73. The van der Waals surface area contributed by atoms with Gasteiger partial charge in [0, 0.05) is 0 Å². The van der Waals surface area contributed by atoms with Gasteiger partial charge in [-0.2, -0.15) is 0 Å². The van der Waals surface area contributed by atoms with Gasteiger partial charge in [-0.1, -0.05) is 59.3 Å². The van der Waals surface area contributed by atoms with Gasteiger partial charge in [0.15, 0.2) is 0 Å². The Kier molecular flexibility index (Phi) is 4.28. The van der Waals surface area contributed by atoms with Crippen molar-refractivity contribution in [3.63, 3.8) is 0 Å². The first-order chi connectivity index (χ1) is 6.21. The Morgan fingerprint density at radius 1 is 0.923 bits per heavy atom. The summed E-state index contributed by atoms with van der Waals surface area (Å²) in [5.74, 6) is 0.885. The molecule has 0 heterocycles. The lowest BCUT2D eigenvalue weighted by molar-refractivity contribution is 0.128. The molecule has 0 amide bonds. The fraction of sp³-hybridized carbons (Fsp3) is 1.00. The molecule has 0 aromatic rings. The Morgan fingerprint density at radius 2 is 1.38 bits per heavy atom. The van der Waals surface area contributed by atoms with Crippen LogP contribution in [0.2, 0.25) is 0 Å². The molecule has 13 heavy (non-hydrogen) atoms. The van der Waals surface area contributed by atoms with Crippen LogP contribution in [0.5, 0.6) is 0 Å². The van der Waals surface area contributed by atoms with Crippen LogP contribution in [0.25, 0.3) is 0 Å². The lowest BCUT2D eigenvalue weighted by Crippen LogP contribution is -2.27. The molecule has 0 bridgehead atoms. The van der Waals surface area contributed by atoms with Crippen LogP contribution in [-0.4, -0.2) is 0 Å². The van der Waals surface area contributed by atoms with Crippen LogP contribution in [0.3, 0.4) is 0 Å². The highest BCUT2D eigenvalue weighted by molar-refractivity contribution is 4.82. The molecule has 1 saturated carbocycles. The largest absolute Gasteiger partial charge is 0.0648 e. The third kappa shape index (κ3) is 2.72. The summed E-state index contributed by atoms with van der Waals surface area (Å²) in [7, 11) is 0. The summed E-state index contributed by atoms with van der Waals surface area (Å²) in [5.41, 5.74) is 0.695. The van der Waals surface area contributed by atoms with Gasteiger partial charge in [0.05, 0.1) is 0 Å². The maximum absolute atomic E-state index is 2.42. The topological polar surface area (TPSA) is 0 Å². The zero-order valence-electron chi connectivity index (χ0n) is 9.73. The molecule has 78 valence electrons. The predicted molar refractivity (Wildman–Crippen MR) is 59.9 cm³/mol. The lowest BCUT2D eigenvalue weighted by Gasteiger charge is -2.38. The first-order valence-electron chi connectivity index (χ1n) is 6.21. The van der Waals surface area contributed by atoms with E-state index in [4.69, 9.17) is 0 Å². The molecular formula is C13H26. The molecule has 1 aliphatic rings. The maximum Gasteiger partial charge on any atom is -0.0277 e. The summed E-state index contributed by atoms with van der Waals surface area (Å²) < 4.78 is 0. The molecule has 0 saturated heterocycles. The standard InChI is InChI=1S/C13H26/c1-4-13(12(2)3)10-8-6-5-7-9-11-13/h12H,4-11H2,1-3H3. The van der Waals surface area contributed by atoms with Gasteiger partial charge in [-0.3, -0.25) is 0 Å². The normalized spacial score (nSPS) is 24.0. The molecule has 0 heteroatoms. The first kappa shape index (κ1) is 11.1. The van der Waals surface area contributed by atoms with Crippen molar-refractivity contribution in [1.82, 2.24) is 0 Å². The molecule has 0 aromatic carbocycles. The number of hydrogen-bond donors (Lipinski definition) is 0. The Labute approximate surface area is 84.1 Å². The van der Waals surface area contributed by atoms with E-state index in [-0.39, 0.29) is 0 Å². The Balaban J connectivity index is 2.58. The summed E-state index contributed by atoms with van der Waals surface area (Å²) in [6.45, 7) is 7.23. The average Bonchev–Trinajstić information content (AvgIpc) is 2.04. The van der Waals surface area contributed by atoms with Gasteiger partial charge >= 0.3 is 0 Å². The molecule has 1 fully saturated rings. The second kappa shape index (κ2) is 5.02. The molecule has 0 aromatic heterocycles. The highest BCUT2D eigenvalue weighted by atomic mass is 14.4. The van der Waals surface area contributed by atoms with Crippen LogP contribution in [0.15, 0.2) is 0 Å². The first-order valence-corrected chi connectivity index (χ1v) is 6.21. The van der Waals surface area contributed by atoms with Crippen molar-refractivity contribution >= 4 is 0 Å². The van der Waals surface area contributed by atoms with E-state index in [1.54, 1.807) is 0 Å². The molecular weight excluding hydrogens is 156 g/mol. The average molecular weight is 182 g/mol. The molecule has 0 spiro atoms. The Morgan fingerprint density at radius 3 is 1.77 bits per heavy atom. The van der Waals surface area contributed by atoms with Crippen LogP contribution in [0.4, 0.5) is 0 Å². The van der Waals surface area contributed by atoms with Crippen LogP contribution in [0, 0.1) is 11.3 Å². The Hall–Kier alpha value is 0. The quantitative estimate of drug-likeness (QED) is 0.576. The third-order valence-corrected chi connectivity index (χ3v) is 4.28. The fourth-order valence-electron chi connectivity index (χ4n) is 2.95. The van der Waals surface area contributed by atoms with E-state index < -0.39 is 0 Å². The van der Waals surface area contributed by atoms with Crippen molar-refractivity contribution in [2.45, 2.75) is 72.1 Å². The summed E-state index contributed by atoms with van der Waals surface area (Å²) in [6, 6.07) is 0. The van der Waals surface area contributed by atoms with Gasteiger partial charge in [0.25, 0.3) is 0 Å². The molecule has 0 aliphatic heterocycles. The van der Waals surface area contributed by atoms with E-state index in [0.29, 0.717) is 5.41 Å². The number of hydrogen-bond acceptors (Lipinski definition) is 0. The molecule has 0 radical (unpaired) electrons. The van der Waals surface area contributed by atoms with E-state index in [9.17, 15) is 0 Å². The zero-order chi connectivity index (χ0) is 9.73. The molecule has 0 N–H and O–H groups in total. The summed E-state index contributed by atoms with van der Waals surface area (Å²) in [6.07, 6.45) is 11.8. The second-order valence-electron chi connectivity index (χ2n) is 5.14. The van der Waals surface area contributed by atoms with Crippen molar-refractivity contribution in [1.29, 1.82) is 0 Å². The van der Waals surface area contributed by atoms with Gasteiger partial charge in [-0.05, 0) is 24.2 Å². The van der Waals surface area contributed by atoms with Crippen molar-refractivity contribution in [2.24, 2.45) is 11.3 Å². The van der Waals surface area contributed by atoms with Crippen molar-refractivity contribution < 1.29 is 0 Å². The lowest BCUT2D eigenvalue weighted by atomic mass is 9.67. The van der Waals surface area contributed by atoms with Crippen LogP contribution in [-0.2, 0) is 0 Å². The minimum Gasteiger partial charge on any atom is -0.0648 e. The predicted octanol–water partition coefficient (Wildman–Crippen LogP) is 4.78. The van der Waals surface area contributed by atoms with E-state index >= 15 is 0 Å². The van der Waals surface area contributed by atoms with Crippen LogP contribution >= 0.6 is 0 Å². The van der Waals surface area contributed by atoms with E-state index in [0.717, 1.165) is 5.92 Å². The minimum atomic E-state index is 0.695. The maximum atomic E-state index is 2.42. The summed E-state index contributed by atoms with van der Waals surface area (Å²) >= 11 is 0. The van der Waals surface area contributed by atoms with E-state index in [2.05, 4.69) is 20.8 Å². The van der Waals surface area contributed by atoms with Crippen molar-refractivity contribution in [3.05, 3.63) is 0 Å². The molecule has 0 nitrogen and oxygen atoms in total. The summed E-state index contributed by atoms with van der Waals surface area (Å²) in [4.78, 5) is 0. The van der Waals surface area contributed by atoms with Crippen molar-refractivity contribution in [2.75, 3.05) is 0 Å². The van der Waals surface area contributed by atoms with E-state index in [1.165, 1.54) is 51.4 Å². The van der Waals surface area contributed by atoms with Crippen LogP contribution in [0.1, 0.15) is 72.1 Å². The van der Waals surface area contributed by atoms with Gasteiger partial charge in [0.1, 0.15) is 0 Å². The molecule has 1 rings (SSSR count). The minimum absolute atomic E-state index is 0.695. The fourth-order valence-corrected chi connectivity index (χ4v) is 2.95. The number of rotatable bonds is 2. The molecule has 0 unspecified atom stereocenters. The highest BCUT2D eigenvalue weighted by Crippen LogP contribution is 2.43. The highest BCUT2D eigenvalue weighted by Gasteiger charge is 2.31. The third-order valence-electron chi connectivity index (χ3n) is 4.28. The smallest absolute Gasteiger partial charge is 0.0277 e. The van der Waals surface area contributed by atoms with Gasteiger partial charge < -0.3 is 0 Å². The second-order valence-corrected chi connectivity index (χ2v) is 5.14. The Bertz CT molecular complexity index is 127.